The van der Waals surface area contributed by atoms with E-state index in [1.807, 2.05) is 11.8 Å². The number of nitrogens with zero attached hydrogens (tertiary/aromatic N) is 4. The summed E-state index contributed by atoms with van der Waals surface area (Å²) in [4.78, 5) is 18.1. The van der Waals surface area contributed by atoms with Crippen LogP contribution in [0.15, 0.2) is 58.8 Å². The highest BCUT2D eigenvalue weighted by molar-refractivity contribution is 7.89. The van der Waals surface area contributed by atoms with Gasteiger partial charge in [0.25, 0.3) is 5.91 Å². The quantitative estimate of drug-likeness (QED) is 0.572. The lowest BCUT2D eigenvalue weighted by Gasteiger charge is -2.33. The summed E-state index contributed by atoms with van der Waals surface area (Å²) in [5.74, 6) is -0.236. The lowest BCUT2D eigenvalue weighted by Crippen LogP contribution is -2.50. The third kappa shape index (κ3) is 5.22. The molecule has 1 aliphatic heterocycles. The average molecular weight is 401 g/mol. The molecule has 2 heterocycles. The van der Waals surface area contributed by atoms with Crippen LogP contribution in [0.1, 0.15) is 11.1 Å². The van der Waals surface area contributed by atoms with Crippen molar-refractivity contribution in [1.82, 2.24) is 19.6 Å². The normalized spacial score (nSPS) is 16.3. The smallest absolute Gasteiger partial charge is 0.254 e. The summed E-state index contributed by atoms with van der Waals surface area (Å²) >= 11 is 0. The van der Waals surface area contributed by atoms with Crippen LogP contribution in [0, 0.1) is 6.92 Å². The van der Waals surface area contributed by atoms with Crippen molar-refractivity contribution in [3.63, 3.8) is 0 Å². The molecule has 1 saturated heterocycles. The van der Waals surface area contributed by atoms with Gasteiger partial charge in [0.15, 0.2) is 0 Å². The van der Waals surface area contributed by atoms with Crippen molar-refractivity contribution in [1.29, 1.82) is 0 Å². The van der Waals surface area contributed by atoms with E-state index in [1.165, 1.54) is 4.31 Å². The van der Waals surface area contributed by atoms with Gasteiger partial charge in [0.05, 0.1) is 17.7 Å². The van der Waals surface area contributed by atoms with Crippen LogP contribution in [-0.4, -0.2) is 67.5 Å². The topological polar surface area (TPSA) is 95.0 Å². The third-order valence-electron chi connectivity index (χ3n) is 4.47. The maximum absolute atomic E-state index is 12.7. The summed E-state index contributed by atoms with van der Waals surface area (Å²) in [6, 6.07) is 10.4. The van der Waals surface area contributed by atoms with Gasteiger partial charge in [-0.15, -0.1) is 0 Å². The molecule has 0 saturated carbocycles. The van der Waals surface area contributed by atoms with E-state index in [1.54, 1.807) is 55.0 Å². The fraction of sp³-hybridized carbons (Fsp3) is 0.316. The highest BCUT2D eigenvalue weighted by atomic mass is 32.2. The Morgan fingerprint density at radius 3 is 2.39 bits per heavy atom. The second-order valence-corrected chi connectivity index (χ2v) is 8.50. The Morgan fingerprint density at radius 1 is 1.11 bits per heavy atom. The first-order chi connectivity index (χ1) is 13.4. The van der Waals surface area contributed by atoms with Crippen LogP contribution < -0.4 is 5.43 Å². The highest BCUT2D eigenvalue weighted by Crippen LogP contribution is 2.18. The van der Waals surface area contributed by atoms with E-state index in [0.717, 1.165) is 11.1 Å². The molecule has 0 radical (unpaired) electrons. The summed E-state index contributed by atoms with van der Waals surface area (Å²) < 4.78 is 26.9. The Bertz CT molecular complexity index is 922. The number of sulfonamides is 1. The number of aryl methyl sites for hydroxylation is 1. The third-order valence-corrected chi connectivity index (χ3v) is 6.38. The van der Waals surface area contributed by atoms with Gasteiger partial charge < -0.3 is 0 Å². The molecule has 2 aromatic rings. The molecule has 8 nitrogen and oxygen atoms in total. The van der Waals surface area contributed by atoms with Crippen LogP contribution in [0.25, 0.3) is 0 Å². The fourth-order valence-electron chi connectivity index (χ4n) is 2.85. The van der Waals surface area contributed by atoms with E-state index < -0.39 is 10.0 Å². The monoisotopic (exact) mass is 401 g/mol. The van der Waals surface area contributed by atoms with E-state index in [-0.39, 0.29) is 12.5 Å². The Balaban J connectivity index is 1.48. The lowest BCUT2D eigenvalue weighted by molar-refractivity contribution is -0.122. The van der Waals surface area contributed by atoms with Gasteiger partial charge in [-0.1, -0.05) is 17.7 Å². The first kappa shape index (κ1) is 20.1. The Morgan fingerprint density at radius 2 is 1.75 bits per heavy atom. The lowest BCUT2D eigenvalue weighted by atomic mass is 10.2. The summed E-state index contributed by atoms with van der Waals surface area (Å²) in [6.07, 6.45) is 4.84. The zero-order valence-corrected chi connectivity index (χ0v) is 16.5. The zero-order valence-electron chi connectivity index (χ0n) is 15.7. The number of benzene rings is 1. The van der Waals surface area contributed by atoms with Crippen molar-refractivity contribution in [3.8, 4) is 0 Å². The minimum atomic E-state index is -3.50. The molecule has 148 valence electrons. The summed E-state index contributed by atoms with van der Waals surface area (Å²) in [6.45, 7) is 3.78. The average Bonchev–Trinajstić information content (AvgIpc) is 2.69. The first-order valence-corrected chi connectivity index (χ1v) is 10.4. The number of aromatic nitrogens is 1. The van der Waals surface area contributed by atoms with Gasteiger partial charge in [-0.05, 0) is 36.8 Å². The molecule has 1 N–H and O–H groups in total. The first-order valence-electron chi connectivity index (χ1n) is 8.96. The van der Waals surface area contributed by atoms with Crippen molar-refractivity contribution >= 4 is 22.1 Å². The standard InChI is InChI=1S/C19H23N5O3S/c1-16-2-4-18(5-3-16)28(26,27)24-12-10-23(11-13-24)15-19(25)22-21-14-17-6-8-20-9-7-17/h2-9,14H,10-13,15H2,1H3,(H,22,25)/b21-14+. The predicted molar refractivity (Wildman–Crippen MR) is 106 cm³/mol. The molecule has 0 atom stereocenters. The second kappa shape index (κ2) is 9.05. The molecular weight excluding hydrogens is 378 g/mol. The molecule has 1 aliphatic rings. The molecule has 1 aromatic carbocycles. The number of hydrogen-bond donors (Lipinski definition) is 1. The van der Waals surface area contributed by atoms with Crippen molar-refractivity contribution in [2.24, 2.45) is 5.10 Å². The SMILES string of the molecule is Cc1ccc(S(=O)(=O)N2CCN(CC(=O)N/N=C/c3ccncc3)CC2)cc1. The van der Waals surface area contributed by atoms with Crippen LogP contribution in [0.4, 0.5) is 0 Å². The van der Waals surface area contributed by atoms with Gasteiger partial charge in [-0.2, -0.15) is 9.41 Å². The number of carbonyl (C=O) groups is 1. The Kier molecular flexibility index (Phi) is 6.50. The molecule has 1 fully saturated rings. The number of piperazine rings is 1. The van der Waals surface area contributed by atoms with Gasteiger partial charge in [0.1, 0.15) is 0 Å². The van der Waals surface area contributed by atoms with Crippen molar-refractivity contribution in [2.75, 3.05) is 32.7 Å². The van der Waals surface area contributed by atoms with Crippen molar-refractivity contribution in [2.45, 2.75) is 11.8 Å². The van der Waals surface area contributed by atoms with Crippen LogP contribution >= 0.6 is 0 Å². The molecule has 0 aliphatic carbocycles. The number of carbonyl (C=O) groups excluding carboxylic acids is 1. The van der Waals surface area contributed by atoms with E-state index in [2.05, 4.69) is 15.5 Å². The maximum Gasteiger partial charge on any atom is 0.254 e. The summed E-state index contributed by atoms with van der Waals surface area (Å²) in [5, 5.41) is 3.92. The molecule has 0 unspecified atom stereocenters. The van der Waals surface area contributed by atoms with E-state index in [9.17, 15) is 13.2 Å². The minimum absolute atomic E-state index is 0.173. The van der Waals surface area contributed by atoms with Crippen molar-refractivity contribution in [3.05, 3.63) is 59.9 Å². The number of pyridine rings is 1. The van der Waals surface area contributed by atoms with Crippen LogP contribution in [-0.2, 0) is 14.8 Å². The van der Waals surface area contributed by atoms with Crippen LogP contribution in [0.2, 0.25) is 0 Å². The Hall–Kier alpha value is -2.62. The summed E-state index contributed by atoms with van der Waals surface area (Å²) in [5.41, 5.74) is 4.34. The number of rotatable bonds is 6. The molecular formula is C19H23N5O3S. The molecule has 9 heteroatoms. The number of amides is 1. The largest absolute Gasteiger partial charge is 0.292 e. The predicted octanol–water partition coefficient (Wildman–Crippen LogP) is 0.847. The number of hydrazone groups is 1. The number of hydrogen-bond acceptors (Lipinski definition) is 6. The van der Waals surface area contributed by atoms with Gasteiger partial charge >= 0.3 is 0 Å². The van der Waals surface area contributed by atoms with Crippen molar-refractivity contribution < 1.29 is 13.2 Å². The highest BCUT2D eigenvalue weighted by Gasteiger charge is 2.28. The van der Waals surface area contributed by atoms with E-state index in [0.29, 0.717) is 31.1 Å². The molecule has 1 amide bonds. The molecule has 3 rings (SSSR count). The molecule has 0 bridgehead atoms. The molecule has 28 heavy (non-hydrogen) atoms. The summed E-state index contributed by atoms with van der Waals surface area (Å²) in [7, 11) is -3.50. The van der Waals surface area contributed by atoms with Gasteiger partial charge in [0, 0.05) is 38.6 Å². The maximum atomic E-state index is 12.7. The van der Waals surface area contributed by atoms with Gasteiger partial charge in [-0.25, -0.2) is 13.8 Å². The van der Waals surface area contributed by atoms with Gasteiger partial charge in [0.2, 0.25) is 10.0 Å². The Labute approximate surface area is 164 Å². The number of nitrogens with one attached hydrogen (secondary N) is 1. The van der Waals surface area contributed by atoms with Crippen LogP contribution in [0.3, 0.4) is 0 Å². The van der Waals surface area contributed by atoms with Crippen LogP contribution in [0.5, 0.6) is 0 Å². The van der Waals surface area contributed by atoms with Gasteiger partial charge in [-0.3, -0.25) is 14.7 Å². The minimum Gasteiger partial charge on any atom is -0.292 e. The molecule has 0 spiro atoms. The van der Waals surface area contributed by atoms with E-state index >= 15 is 0 Å². The fourth-order valence-corrected chi connectivity index (χ4v) is 4.28. The van der Waals surface area contributed by atoms with E-state index in [4.69, 9.17) is 0 Å². The molecule has 1 aromatic heterocycles. The zero-order chi connectivity index (χ0) is 20.0. The second-order valence-electron chi connectivity index (χ2n) is 6.57.